The molecule has 1 aromatic carbocycles. The van der Waals surface area contributed by atoms with Gasteiger partial charge in [-0.15, -0.1) is 4.41 Å². The Morgan fingerprint density at radius 2 is 1.95 bits per heavy atom. The Bertz CT molecular complexity index is 589. The van der Waals surface area contributed by atoms with Gasteiger partial charge in [-0.25, -0.2) is 5.01 Å². The van der Waals surface area contributed by atoms with E-state index in [-0.39, 0.29) is 22.6 Å². The van der Waals surface area contributed by atoms with E-state index >= 15 is 0 Å². The topological polar surface area (TPSA) is 73.7 Å². The first kappa shape index (κ1) is 14.4. The fraction of sp³-hybridized carbons (Fsp3) is 0.308. The highest BCUT2D eigenvalue weighted by Gasteiger charge is 2.44. The summed E-state index contributed by atoms with van der Waals surface area (Å²) >= 11 is 2.45. The van der Waals surface area contributed by atoms with Gasteiger partial charge in [-0.1, -0.05) is 23.9 Å². The van der Waals surface area contributed by atoms with Crippen LogP contribution >= 0.6 is 23.7 Å². The maximum Gasteiger partial charge on any atom is 0.254 e. The van der Waals surface area contributed by atoms with Gasteiger partial charge in [0, 0.05) is 0 Å². The SMILES string of the molecule is COc1ccc(C2C(=O)CSN2N2C(=N)SCC2=O)cc1. The second kappa shape index (κ2) is 5.70. The summed E-state index contributed by atoms with van der Waals surface area (Å²) in [6.07, 6.45) is 0. The van der Waals surface area contributed by atoms with Crippen LogP contribution < -0.4 is 4.74 Å². The number of ketones is 1. The van der Waals surface area contributed by atoms with Crippen LogP contribution in [0.2, 0.25) is 0 Å². The number of ether oxygens (including phenoxy) is 1. The molecule has 110 valence electrons. The van der Waals surface area contributed by atoms with Gasteiger partial charge in [-0.2, -0.15) is 0 Å². The lowest BCUT2D eigenvalue weighted by molar-refractivity contribution is -0.133. The molecule has 0 bridgehead atoms. The predicted octanol–water partition coefficient (Wildman–Crippen LogP) is 1.69. The average Bonchev–Trinajstić information content (AvgIpc) is 3.02. The maximum atomic E-state index is 12.2. The van der Waals surface area contributed by atoms with Gasteiger partial charge in [0.1, 0.15) is 11.8 Å². The van der Waals surface area contributed by atoms with E-state index in [4.69, 9.17) is 10.1 Å². The van der Waals surface area contributed by atoms with Gasteiger partial charge < -0.3 is 4.74 Å². The zero-order chi connectivity index (χ0) is 15.0. The van der Waals surface area contributed by atoms with Crippen molar-refractivity contribution < 1.29 is 14.3 Å². The molecule has 0 radical (unpaired) electrons. The van der Waals surface area contributed by atoms with Crippen LogP contribution in [0.3, 0.4) is 0 Å². The lowest BCUT2D eigenvalue weighted by Crippen LogP contribution is -2.42. The van der Waals surface area contributed by atoms with E-state index in [0.29, 0.717) is 11.5 Å². The van der Waals surface area contributed by atoms with Gasteiger partial charge in [0.15, 0.2) is 11.0 Å². The quantitative estimate of drug-likeness (QED) is 0.854. The van der Waals surface area contributed by atoms with E-state index in [1.807, 2.05) is 12.1 Å². The van der Waals surface area contributed by atoms with Gasteiger partial charge >= 0.3 is 0 Å². The minimum atomic E-state index is -0.538. The van der Waals surface area contributed by atoms with Crippen LogP contribution in [0.5, 0.6) is 5.75 Å². The van der Waals surface area contributed by atoms with E-state index in [2.05, 4.69) is 0 Å². The number of carbonyl (C=O) groups is 2. The van der Waals surface area contributed by atoms with Crippen molar-refractivity contribution in [3.8, 4) is 5.75 Å². The van der Waals surface area contributed by atoms with Gasteiger partial charge in [-0.3, -0.25) is 15.0 Å². The zero-order valence-electron chi connectivity index (χ0n) is 11.2. The first-order chi connectivity index (χ1) is 10.1. The van der Waals surface area contributed by atoms with Crippen molar-refractivity contribution in [2.45, 2.75) is 6.04 Å². The zero-order valence-corrected chi connectivity index (χ0v) is 12.9. The number of hydrazine groups is 1. The summed E-state index contributed by atoms with van der Waals surface area (Å²) in [5, 5.41) is 9.33. The first-order valence-electron chi connectivity index (χ1n) is 6.25. The molecule has 8 heteroatoms. The number of rotatable bonds is 3. The number of benzene rings is 1. The molecule has 1 amide bonds. The molecule has 2 aliphatic heterocycles. The third-order valence-corrected chi connectivity index (χ3v) is 5.14. The molecule has 1 atom stereocenters. The van der Waals surface area contributed by atoms with E-state index < -0.39 is 6.04 Å². The molecule has 0 aromatic heterocycles. The summed E-state index contributed by atoms with van der Waals surface area (Å²) in [7, 11) is 1.58. The summed E-state index contributed by atoms with van der Waals surface area (Å²) in [6, 6.07) is 6.67. The molecule has 21 heavy (non-hydrogen) atoms. The van der Waals surface area contributed by atoms with Crippen molar-refractivity contribution in [2.24, 2.45) is 0 Å². The minimum absolute atomic E-state index is 0.0302. The standard InChI is InChI=1S/C13H13N3O3S2/c1-19-9-4-2-8(3-5-9)12-10(17)6-21-16(12)15-11(18)7-20-13(15)14/h2-5,12,14H,6-7H2,1H3. The summed E-state index contributed by atoms with van der Waals surface area (Å²) in [4.78, 5) is 24.1. The molecule has 2 fully saturated rings. The Balaban J connectivity index is 1.92. The second-order valence-electron chi connectivity index (χ2n) is 4.52. The monoisotopic (exact) mass is 323 g/mol. The van der Waals surface area contributed by atoms with Crippen molar-refractivity contribution in [3.05, 3.63) is 29.8 Å². The lowest BCUT2D eigenvalue weighted by atomic mass is 10.0. The van der Waals surface area contributed by atoms with Crippen molar-refractivity contribution in [2.75, 3.05) is 18.6 Å². The third kappa shape index (κ3) is 2.54. The van der Waals surface area contributed by atoms with Crippen molar-refractivity contribution in [1.82, 2.24) is 9.42 Å². The molecular weight excluding hydrogens is 310 g/mol. The fourth-order valence-corrected chi connectivity index (χ4v) is 4.08. The van der Waals surface area contributed by atoms with Crippen molar-refractivity contribution in [1.29, 1.82) is 5.41 Å². The Morgan fingerprint density at radius 1 is 1.24 bits per heavy atom. The molecule has 2 heterocycles. The summed E-state index contributed by atoms with van der Waals surface area (Å²) in [6.45, 7) is 0. The van der Waals surface area contributed by atoms with E-state index in [1.165, 1.54) is 28.7 Å². The fourth-order valence-electron chi connectivity index (χ4n) is 2.24. The Labute approximate surface area is 130 Å². The van der Waals surface area contributed by atoms with Crippen LogP contribution in [0.4, 0.5) is 0 Å². The van der Waals surface area contributed by atoms with Crippen molar-refractivity contribution >= 4 is 40.6 Å². The number of hydrogen-bond acceptors (Lipinski definition) is 7. The maximum absolute atomic E-state index is 12.2. The highest BCUT2D eigenvalue weighted by Crippen LogP contribution is 2.40. The van der Waals surface area contributed by atoms with Gasteiger partial charge in [-0.05, 0) is 29.6 Å². The molecule has 0 spiro atoms. The van der Waals surface area contributed by atoms with E-state index in [1.54, 1.807) is 23.7 Å². The van der Waals surface area contributed by atoms with Crippen LogP contribution in [0, 0.1) is 5.41 Å². The largest absolute Gasteiger partial charge is 0.497 e. The van der Waals surface area contributed by atoms with Gasteiger partial charge in [0.2, 0.25) is 0 Å². The second-order valence-corrected chi connectivity index (χ2v) is 6.40. The average molecular weight is 323 g/mol. The number of amidine groups is 1. The minimum Gasteiger partial charge on any atom is -0.497 e. The van der Waals surface area contributed by atoms with Crippen LogP contribution in [-0.2, 0) is 9.59 Å². The summed E-state index contributed by atoms with van der Waals surface area (Å²) < 4.78 is 6.73. The van der Waals surface area contributed by atoms with Gasteiger partial charge in [0.05, 0.1) is 18.6 Å². The summed E-state index contributed by atoms with van der Waals surface area (Å²) in [5.74, 6) is 1.13. The van der Waals surface area contributed by atoms with Crippen molar-refractivity contribution in [3.63, 3.8) is 0 Å². The molecule has 2 saturated heterocycles. The normalized spacial score (nSPS) is 23.2. The third-order valence-electron chi connectivity index (χ3n) is 3.25. The number of Topliss-reactive ketones (excluding diaryl/α,β-unsaturated/α-hetero) is 1. The Kier molecular flexibility index (Phi) is 3.92. The number of carbonyl (C=O) groups excluding carboxylic acids is 2. The Hall–Kier alpha value is -1.51. The van der Waals surface area contributed by atoms with E-state index in [0.717, 1.165) is 5.56 Å². The predicted molar refractivity (Wildman–Crippen MR) is 82.1 cm³/mol. The van der Waals surface area contributed by atoms with Crippen LogP contribution in [0.15, 0.2) is 24.3 Å². The van der Waals surface area contributed by atoms with Crippen LogP contribution in [-0.4, -0.2) is 44.9 Å². The highest BCUT2D eigenvalue weighted by atomic mass is 32.2. The van der Waals surface area contributed by atoms with Gasteiger partial charge in [0.25, 0.3) is 5.91 Å². The Morgan fingerprint density at radius 3 is 2.52 bits per heavy atom. The smallest absolute Gasteiger partial charge is 0.254 e. The van der Waals surface area contributed by atoms with Crippen LogP contribution in [0.1, 0.15) is 11.6 Å². The number of amides is 1. The number of nitrogens with one attached hydrogen (secondary N) is 1. The molecule has 1 aromatic rings. The number of methoxy groups -OCH3 is 1. The molecule has 6 nitrogen and oxygen atoms in total. The molecule has 0 saturated carbocycles. The summed E-state index contributed by atoms with van der Waals surface area (Å²) in [5.41, 5.74) is 0.795. The highest BCUT2D eigenvalue weighted by molar-refractivity contribution is 8.15. The molecule has 0 aliphatic carbocycles. The number of nitrogens with zero attached hydrogens (tertiary/aromatic N) is 2. The molecular formula is C13H13N3O3S2. The molecule has 1 unspecified atom stereocenters. The molecule has 3 rings (SSSR count). The first-order valence-corrected chi connectivity index (χ1v) is 8.17. The van der Waals surface area contributed by atoms with Crippen LogP contribution in [0.25, 0.3) is 0 Å². The number of hydrogen-bond donors (Lipinski definition) is 1. The number of thioether (sulfide) groups is 1. The molecule has 1 N–H and O–H groups in total. The lowest BCUT2D eigenvalue weighted by Gasteiger charge is -2.29. The van der Waals surface area contributed by atoms with E-state index in [9.17, 15) is 9.59 Å². The molecule has 2 aliphatic rings.